The molecule has 4 rings (SSSR count). The summed E-state index contributed by atoms with van der Waals surface area (Å²) in [6.07, 6.45) is 2.26. The first-order chi connectivity index (χ1) is 12.2. The first-order valence-electron chi connectivity index (χ1n) is 8.74. The van der Waals surface area contributed by atoms with E-state index in [1.807, 2.05) is 17.4 Å². The van der Waals surface area contributed by atoms with Crippen LogP contribution in [0.1, 0.15) is 29.3 Å². The average molecular weight is 357 g/mol. The van der Waals surface area contributed by atoms with E-state index in [0.717, 1.165) is 49.3 Å². The van der Waals surface area contributed by atoms with E-state index in [-0.39, 0.29) is 5.82 Å². The number of aromatic nitrogens is 1. The summed E-state index contributed by atoms with van der Waals surface area (Å²) in [5.41, 5.74) is 2.07. The van der Waals surface area contributed by atoms with Crippen molar-refractivity contribution in [3.63, 3.8) is 0 Å². The summed E-state index contributed by atoms with van der Waals surface area (Å²) in [5.74, 6) is 1.14. The van der Waals surface area contributed by atoms with E-state index in [1.54, 1.807) is 19.2 Å². The molecule has 1 fully saturated rings. The van der Waals surface area contributed by atoms with Gasteiger partial charge in [0.15, 0.2) is 0 Å². The average Bonchev–Trinajstić information content (AvgIpc) is 3.07. The Morgan fingerprint density at radius 3 is 2.76 bits per heavy atom. The molecule has 0 aliphatic carbocycles. The Kier molecular flexibility index (Phi) is 4.68. The minimum absolute atomic E-state index is 0.195. The van der Waals surface area contributed by atoms with Crippen LogP contribution in [0, 0.1) is 5.82 Å². The van der Waals surface area contributed by atoms with Gasteiger partial charge in [-0.05, 0) is 30.3 Å². The number of piperidine rings is 1. The Labute approximate surface area is 151 Å². The Balaban J connectivity index is 1.42. The molecule has 2 heterocycles. The lowest BCUT2D eigenvalue weighted by Gasteiger charge is -2.28. The van der Waals surface area contributed by atoms with Gasteiger partial charge in [0.05, 0.1) is 41.0 Å². The van der Waals surface area contributed by atoms with Crippen molar-refractivity contribution in [2.45, 2.75) is 25.3 Å². The molecule has 3 aromatic rings. The van der Waals surface area contributed by atoms with E-state index in [0.29, 0.717) is 5.92 Å². The summed E-state index contributed by atoms with van der Waals surface area (Å²) in [7, 11) is 1.64. The van der Waals surface area contributed by atoms with Crippen molar-refractivity contribution < 1.29 is 14.0 Å². The van der Waals surface area contributed by atoms with Crippen LogP contribution in [0.2, 0.25) is 0 Å². The lowest BCUT2D eigenvalue weighted by molar-refractivity contribution is -0.919. The normalized spacial score (nSPS) is 20.7. The summed E-state index contributed by atoms with van der Waals surface area (Å²) >= 11 is 1.83. The monoisotopic (exact) mass is 357 g/mol. The maximum atomic E-state index is 13.6. The van der Waals surface area contributed by atoms with Gasteiger partial charge >= 0.3 is 0 Å². The Morgan fingerprint density at radius 1 is 1.20 bits per heavy atom. The minimum atomic E-state index is -0.195. The van der Waals surface area contributed by atoms with Crippen LogP contribution in [0.4, 0.5) is 4.39 Å². The summed E-state index contributed by atoms with van der Waals surface area (Å²) < 4.78 is 20.2. The number of para-hydroxylation sites is 1. The molecule has 0 bridgehead atoms. The largest absolute Gasteiger partial charge is 0.496 e. The Bertz CT molecular complexity index is 838. The lowest BCUT2D eigenvalue weighted by atomic mass is 9.97. The highest BCUT2D eigenvalue weighted by Crippen LogP contribution is 2.31. The zero-order chi connectivity index (χ0) is 17.2. The van der Waals surface area contributed by atoms with Crippen molar-refractivity contribution in [2.24, 2.45) is 0 Å². The minimum Gasteiger partial charge on any atom is -0.496 e. The molecule has 0 unspecified atom stereocenters. The second-order valence-electron chi connectivity index (χ2n) is 6.68. The molecule has 130 valence electrons. The fraction of sp³-hybridized carbons (Fsp3) is 0.350. The van der Waals surface area contributed by atoms with Gasteiger partial charge in [-0.15, -0.1) is 11.3 Å². The van der Waals surface area contributed by atoms with Crippen LogP contribution in [-0.2, 0) is 6.54 Å². The van der Waals surface area contributed by atoms with Crippen LogP contribution in [0.3, 0.4) is 0 Å². The number of likely N-dealkylation sites (tertiary alicyclic amines) is 1. The van der Waals surface area contributed by atoms with Crippen molar-refractivity contribution in [3.8, 4) is 5.75 Å². The van der Waals surface area contributed by atoms with Gasteiger partial charge < -0.3 is 9.64 Å². The predicted molar refractivity (Wildman–Crippen MR) is 98.9 cm³/mol. The van der Waals surface area contributed by atoms with Gasteiger partial charge in [-0.3, -0.25) is 0 Å². The molecule has 25 heavy (non-hydrogen) atoms. The third-order valence-electron chi connectivity index (χ3n) is 5.04. The smallest absolute Gasteiger partial charge is 0.127 e. The highest BCUT2D eigenvalue weighted by molar-refractivity contribution is 7.18. The number of halogens is 1. The number of ether oxygens (including phenoxy) is 1. The highest BCUT2D eigenvalue weighted by atomic mass is 32.1. The molecule has 1 aromatic heterocycles. The molecule has 0 saturated carbocycles. The molecule has 0 spiro atoms. The number of benzene rings is 2. The molecule has 0 amide bonds. The number of quaternary nitrogens is 1. The van der Waals surface area contributed by atoms with Crippen LogP contribution in [-0.4, -0.2) is 25.2 Å². The van der Waals surface area contributed by atoms with E-state index in [2.05, 4.69) is 18.2 Å². The number of thiazole rings is 1. The topological polar surface area (TPSA) is 26.6 Å². The molecule has 2 aromatic carbocycles. The zero-order valence-electron chi connectivity index (χ0n) is 14.3. The number of nitrogens with zero attached hydrogens (tertiary/aromatic N) is 1. The lowest BCUT2D eigenvalue weighted by Crippen LogP contribution is -3.11. The number of hydrogen-bond acceptors (Lipinski definition) is 3. The summed E-state index contributed by atoms with van der Waals surface area (Å²) in [6.45, 7) is 2.98. The van der Waals surface area contributed by atoms with E-state index < -0.39 is 0 Å². The molecule has 1 saturated heterocycles. The molecular weight excluding hydrogens is 335 g/mol. The van der Waals surface area contributed by atoms with Crippen molar-refractivity contribution in [1.82, 2.24) is 4.98 Å². The third kappa shape index (κ3) is 3.53. The Morgan fingerprint density at radius 2 is 2.00 bits per heavy atom. The predicted octanol–water partition coefficient (Wildman–Crippen LogP) is 3.41. The van der Waals surface area contributed by atoms with Crippen LogP contribution >= 0.6 is 11.3 Å². The van der Waals surface area contributed by atoms with Gasteiger partial charge in [0.1, 0.15) is 18.1 Å². The van der Waals surface area contributed by atoms with Crippen molar-refractivity contribution >= 4 is 21.6 Å². The van der Waals surface area contributed by atoms with Gasteiger partial charge in [-0.2, -0.15) is 0 Å². The molecular formula is C20H22FN2OS+. The SMILES string of the molecule is COc1ccc(F)cc1C[NH+]1CCC(c2nc3ccccc3s2)CC1. The molecule has 1 aliphatic heterocycles. The highest BCUT2D eigenvalue weighted by Gasteiger charge is 2.26. The number of rotatable bonds is 4. The van der Waals surface area contributed by atoms with E-state index >= 15 is 0 Å². The van der Waals surface area contributed by atoms with Crippen LogP contribution in [0.25, 0.3) is 10.2 Å². The van der Waals surface area contributed by atoms with Gasteiger partial charge in [-0.25, -0.2) is 9.37 Å². The molecule has 1 aliphatic rings. The van der Waals surface area contributed by atoms with Crippen LogP contribution in [0.5, 0.6) is 5.75 Å². The van der Waals surface area contributed by atoms with E-state index in [9.17, 15) is 4.39 Å². The molecule has 0 atom stereocenters. The number of fused-ring (bicyclic) bond motifs is 1. The molecule has 3 nitrogen and oxygen atoms in total. The molecule has 0 radical (unpaired) electrons. The standard InChI is InChI=1S/C20H21FN2OS/c1-24-18-7-6-16(21)12-15(18)13-23-10-8-14(9-11-23)20-22-17-4-2-3-5-19(17)25-20/h2-7,12,14H,8-11,13H2,1H3/p+1. The maximum absolute atomic E-state index is 13.6. The fourth-order valence-electron chi connectivity index (χ4n) is 3.67. The third-order valence-corrected chi connectivity index (χ3v) is 6.23. The molecule has 5 heteroatoms. The summed E-state index contributed by atoms with van der Waals surface area (Å²) in [4.78, 5) is 6.31. The van der Waals surface area contributed by atoms with Gasteiger partial charge in [-0.1, -0.05) is 12.1 Å². The quantitative estimate of drug-likeness (QED) is 0.775. The van der Waals surface area contributed by atoms with Crippen LogP contribution < -0.4 is 9.64 Å². The van der Waals surface area contributed by atoms with Crippen LogP contribution in [0.15, 0.2) is 42.5 Å². The second-order valence-corrected chi connectivity index (χ2v) is 7.74. The van der Waals surface area contributed by atoms with Gasteiger partial charge in [0, 0.05) is 18.8 Å². The van der Waals surface area contributed by atoms with E-state index in [1.165, 1.54) is 20.7 Å². The first kappa shape index (κ1) is 16.5. The van der Waals surface area contributed by atoms with E-state index in [4.69, 9.17) is 9.72 Å². The van der Waals surface area contributed by atoms with Crippen molar-refractivity contribution in [3.05, 3.63) is 58.9 Å². The Hall–Kier alpha value is -1.98. The van der Waals surface area contributed by atoms with Gasteiger partial charge in [0.2, 0.25) is 0 Å². The number of nitrogens with one attached hydrogen (secondary N) is 1. The van der Waals surface area contributed by atoms with Gasteiger partial charge in [0.25, 0.3) is 0 Å². The first-order valence-corrected chi connectivity index (χ1v) is 9.56. The number of hydrogen-bond donors (Lipinski definition) is 1. The van der Waals surface area contributed by atoms with Crippen molar-refractivity contribution in [2.75, 3.05) is 20.2 Å². The molecule has 1 N–H and O–H groups in total. The fourth-order valence-corrected chi connectivity index (χ4v) is 4.81. The van der Waals surface area contributed by atoms with Crippen molar-refractivity contribution in [1.29, 1.82) is 0 Å². The second kappa shape index (κ2) is 7.10. The summed E-state index contributed by atoms with van der Waals surface area (Å²) in [6, 6.07) is 13.1. The maximum Gasteiger partial charge on any atom is 0.127 e. The summed E-state index contributed by atoms with van der Waals surface area (Å²) in [5, 5.41) is 1.27. The number of methoxy groups -OCH3 is 1. The zero-order valence-corrected chi connectivity index (χ0v) is 15.1.